The average Bonchev–Trinajstić information content (AvgIpc) is 2.47. The van der Waals surface area contributed by atoms with Crippen LogP contribution in [0.1, 0.15) is 58.1 Å². The summed E-state index contributed by atoms with van der Waals surface area (Å²) < 4.78 is 6.14. The summed E-state index contributed by atoms with van der Waals surface area (Å²) in [6, 6.07) is 6.68. The predicted octanol–water partition coefficient (Wildman–Crippen LogP) is 4.32. The largest absolute Gasteiger partial charge is 0.493 e. The summed E-state index contributed by atoms with van der Waals surface area (Å²) in [5.41, 5.74) is 2.86. The first-order valence-electron chi connectivity index (χ1n) is 8.47. The molecular weight excluding hydrogens is 258 g/mol. The number of aryl methyl sites for hydroxylation is 1. The van der Waals surface area contributed by atoms with Crippen LogP contribution in [0.5, 0.6) is 5.75 Å². The molecule has 1 aromatic carbocycles. The van der Waals surface area contributed by atoms with Gasteiger partial charge in [0.1, 0.15) is 5.75 Å². The normalized spacial score (nSPS) is 19.5. The summed E-state index contributed by atoms with van der Waals surface area (Å²) >= 11 is 0. The number of nitrogens with one attached hydrogen (secondary N) is 1. The van der Waals surface area contributed by atoms with Crippen molar-refractivity contribution in [1.82, 2.24) is 5.32 Å². The first-order valence-corrected chi connectivity index (χ1v) is 8.47. The molecule has 1 atom stereocenters. The minimum Gasteiger partial charge on any atom is -0.493 e. The molecule has 1 unspecified atom stereocenters. The van der Waals surface area contributed by atoms with Crippen molar-refractivity contribution in [2.24, 2.45) is 5.92 Å². The van der Waals surface area contributed by atoms with Gasteiger partial charge in [0, 0.05) is 0 Å². The Hall–Kier alpha value is -1.02. The van der Waals surface area contributed by atoms with Crippen LogP contribution in [0.25, 0.3) is 0 Å². The van der Waals surface area contributed by atoms with Crippen molar-refractivity contribution in [2.45, 2.75) is 58.8 Å². The van der Waals surface area contributed by atoms with E-state index in [1.54, 1.807) is 0 Å². The molecule has 1 fully saturated rings. The quantitative estimate of drug-likeness (QED) is 0.872. The number of hydrogen-bond acceptors (Lipinski definition) is 2. The van der Waals surface area contributed by atoms with E-state index in [-0.39, 0.29) is 5.41 Å². The van der Waals surface area contributed by atoms with Crippen LogP contribution in [-0.2, 0) is 11.8 Å². The second-order valence-electron chi connectivity index (χ2n) is 7.28. The van der Waals surface area contributed by atoms with Crippen molar-refractivity contribution in [1.29, 1.82) is 0 Å². The van der Waals surface area contributed by atoms with E-state index < -0.39 is 0 Å². The molecule has 2 heteroatoms. The van der Waals surface area contributed by atoms with Crippen molar-refractivity contribution in [3.05, 3.63) is 29.3 Å². The second-order valence-corrected chi connectivity index (χ2v) is 7.28. The van der Waals surface area contributed by atoms with E-state index in [0.717, 1.165) is 37.7 Å². The van der Waals surface area contributed by atoms with Gasteiger partial charge in [-0.1, -0.05) is 39.8 Å². The van der Waals surface area contributed by atoms with E-state index in [9.17, 15) is 0 Å². The first kappa shape index (κ1) is 16.4. The lowest BCUT2D eigenvalue weighted by Crippen LogP contribution is -2.30. The lowest BCUT2D eigenvalue weighted by Gasteiger charge is -2.25. The van der Waals surface area contributed by atoms with Gasteiger partial charge < -0.3 is 10.1 Å². The summed E-state index contributed by atoms with van der Waals surface area (Å²) in [6.45, 7) is 12.2. The zero-order chi connectivity index (χ0) is 15.3. The summed E-state index contributed by atoms with van der Waals surface area (Å²) in [5, 5.41) is 3.48. The molecule has 0 amide bonds. The van der Waals surface area contributed by atoms with E-state index in [4.69, 9.17) is 4.74 Å². The lowest BCUT2D eigenvalue weighted by atomic mass is 9.85. The number of ether oxygens (including phenoxy) is 1. The fourth-order valence-corrected chi connectivity index (χ4v) is 3.01. The molecule has 0 aliphatic carbocycles. The van der Waals surface area contributed by atoms with Gasteiger partial charge in [0.15, 0.2) is 0 Å². The van der Waals surface area contributed by atoms with Gasteiger partial charge in [-0.2, -0.15) is 0 Å². The summed E-state index contributed by atoms with van der Waals surface area (Å²) in [5.74, 6) is 1.86. The average molecular weight is 289 g/mol. The fraction of sp³-hybridized carbons (Fsp3) is 0.684. The van der Waals surface area contributed by atoms with Crippen molar-refractivity contribution < 1.29 is 4.74 Å². The van der Waals surface area contributed by atoms with Crippen molar-refractivity contribution >= 4 is 0 Å². The molecule has 1 aliphatic rings. The topological polar surface area (TPSA) is 21.3 Å². The van der Waals surface area contributed by atoms with Gasteiger partial charge in [-0.15, -0.1) is 0 Å². The summed E-state index contributed by atoms with van der Waals surface area (Å²) in [6.07, 6.45) is 4.89. The molecular formula is C19H31NO. The van der Waals surface area contributed by atoms with Gasteiger partial charge in [0.05, 0.1) is 6.61 Å². The maximum atomic E-state index is 6.14. The van der Waals surface area contributed by atoms with E-state index in [1.807, 2.05) is 0 Å². The molecule has 0 bridgehead atoms. The van der Waals surface area contributed by atoms with Crippen LogP contribution in [0.2, 0.25) is 0 Å². The Morgan fingerprint density at radius 1 is 1.29 bits per heavy atom. The van der Waals surface area contributed by atoms with Crippen molar-refractivity contribution in [2.75, 3.05) is 19.7 Å². The summed E-state index contributed by atoms with van der Waals surface area (Å²) in [4.78, 5) is 0. The van der Waals surface area contributed by atoms with Crippen molar-refractivity contribution in [3.63, 3.8) is 0 Å². The summed E-state index contributed by atoms with van der Waals surface area (Å²) in [7, 11) is 0. The smallest absolute Gasteiger partial charge is 0.123 e. The van der Waals surface area contributed by atoms with Gasteiger partial charge in [-0.05, 0) is 67.3 Å². The van der Waals surface area contributed by atoms with E-state index in [1.165, 1.54) is 30.5 Å². The standard InChI is InChI=1S/C19H31NO/c1-5-15-8-9-18(17(13-15)19(2,3)4)21-12-10-16-7-6-11-20-14-16/h8-9,13,16,20H,5-7,10-12,14H2,1-4H3. The van der Waals surface area contributed by atoms with E-state index in [2.05, 4.69) is 51.2 Å². The Balaban J connectivity index is 1.98. The molecule has 1 aromatic rings. The molecule has 1 saturated heterocycles. The zero-order valence-electron chi connectivity index (χ0n) is 14.2. The maximum Gasteiger partial charge on any atom is 0.123 e. The third-order valence-corrected chi connectivity index (χ3v) is 4.44. The Morgan fingerprint density at radius 3 is 2.71 bits per heavy atom. The number of hydrogen-bond donors (Lipinski definition) is 1. The molecule has 1 N–H and O–H groups in total. The Kier molecular flexibility index (Phi) is 5.69. The van der Waals surface area contributed by atoms with Crippen LogP contribution in [0.4, 0.5) is 0 Å². The lowest BCUT2D eigenvalue weighted by molar-refractivity contribution is 0.250. The maximum absolute atomic E-state index is 6.14. The number of piperidine rings is 1. The number of rotatable bonds is 5. The van der Waals surface area contributed by atoms with Crippen molar-refractivity contribution in [3.8, 4) is 5.75 Å². The van der Waals surface area contributed by atoms with Gasteiger partial charge in [0.25, 0.3) is 0 Å². The monoisotopic (exact) mass is 289 g/mol. The molecule has 0 spiro atoms. The molecule has 0 aromatic heterocycles. The zero-order valence-corrected chi connectivity index (χ0v) is 14.2. The Labute approximate surface area is 130 Å². The highest BCUT2D eigenvalue weighted by molar-refractivity contribution is 5.41. The Morgan fingerprint density at radius 2 is 2.10 bits per heavy atom. The van der Waals surface area contributed by atoms with Crippen LogP contribution in [0.3, 0.4) is 0 Å². The van der Waals surface area contributed by atoms with Gasteiger partial charge >= 0.3 is 0 Å². The molecule has 1 heterocycles. The minimum atomic E-state index is 0.132. The van der Waals surface area contributed by atoms with E-state index in [0.29, 0.717) is 0 Å². The van der Waals surface area contributed by atoms with Crippen LogP contribution < -0.4 is 10.1 Å². The van der Waals surface area contributed by atoms with Gasteiger partial charge in [-0.3, -0.25) is 0 Å². The van der Waals surface area contributed by atoms with E-state index >= 15 is 0 Å². The second kappa shape index (κ2) is 7.31. The highest BCUT2D eigenvalue weighted by Crippen LogP contribution is 2.32. The number of benzene rings is 1. The van der Waals surface area contributed by atoms with Crippen LogP contribution in [0.15, 0.2) is 18.2 Å². The van der Waals surface area contributed by atoms with Crippen LogP contribution in [-0.4, -0.2) is 19.7 Å². The first-order chi connectivity index (χ1) is 10.0. The molecule has 0 radical (unpaired) electrons. The molecule has 1 aliphatic heterocycles. The molecule has 118 valence electrons. The minimum absolute atomic E-state index is 0.132. The highest BCUT2D eigenvalue weighted by Gasteiger charge is 2.20. The van der Waals surface area contributed by atoms with Gasteiger partial charge in [0.2, 0.25) is 0 Å². The molecule has 2 nitrogen and oxygen atoms in total. The fourth-order valence-electron chi connectivity index (χ4n) is 3.01. The van der Waals surface area contributed by atoms with Gasteiger partial charge in [-0.25, -0.2) is 0 Å². The predicted molar refractivity (Wildman–Crippen MR) is 90.2 cm³/mol. The highest BCUT2D eigenvalue weighted by atomic mass is 16.5. The molecule has 21 heavy (non-hydrogen) atoms. The Bertz CT molecular complexity index is 441. The third-order valence-electron chi connectivity index (χ3n) is 4.44. The molecule has 2 rings (SSSR count). The third kappa shape index (κ3) is 4.74. The SMILES string of the molecule is CCc1ccc(OCCC2CCCNC2)c(C(C)(C)C)c1. The van der Waals surface area contributed by atoms with Crippen LogP contribution in [0, 0.1) is 5.92 Å². The van der Waals surface area contributed by atoms with Crippen LogP contribution >= 0.6 is 0 Å². The molecule has 0 saturated carbocycles.